The molecular formula is C23H31N3O3S. The van der Waals surface area contributed by atoms with E-state index < -0.39 is 10.0 Å². The van der Waals surface area contributed by atoms with Gasteiger partial charge in [0.15, 0.2) is 0 Å². The molecule has 0 aromatic heterocycles. The average molecular weight is 430 g/mol. The van der Waals surface area contributed by atoms with Gasteiger partial charge >= 0.3 is 0 Å². The molecule has 6 nitrogen and oxygen atoms in total. The Morgan fingerprint density at radius 2 is 1.60 bits per heavy atom. The van der Waals surface area contributed by atoms with Crippen molar-refractivity contribution in [2.45, 2.75) is 43.4 Å². The van der Waals surface area contributed by atoms with Gasteiger partial charge in [-0.3, -0.25) is 4.79 Å². The summed E-state index contributed by atoms with van der Waals surface area (Å²) >= 11 is 0. The van der Waals surface area contributed by atoms with Gasteiger partial charge in [-0.15, -0.1) is 0 Å². The minimum atomic E-state index is -3.40. The second kappa shape index (κ2) is 11.1. The zero-order valence-electron chi connectivity index (χ0n) is 17.3. The van der Waals surface area contributed by atoms with E-state index in [2.05, 4.69) is 10.6 Å². The molecular weight excluding hydrogens is 398 g/mol. The van der Waals surface area contributed by atoms with Gasteiger partial charge in [0.1, 0.15) is 0 Å². The van der Waals surface area contributed by atoms with Crippen molar-refractivity contribution < 1.29 is 13.2 Å². The molecule has 0 atom stereocenters. The summed E-state index contributed by atoms with van der Waals surface area (Å²) in [6.45, 7) is 2.64. The minimum Gasteiger partial charge on any atom is -0.385 e. The van der Waals surface area contributed by atoms with E-state index in [-0.39, 0.29) is 5.91 Å². The van der Waals surface area contributed by atoms with Gasteiger partial charge in [0.05, 0.1) is 4.90 Å². The third-order valence-corrected chi connectivity index (χ3v) is 7.21. The van der Waals surface area contributed by atoms with Gasteiger partial charge in [-0.2, -0.15) is 4.31 Å². The van der Waals surface area contributed by atoms with Crippen LogP contribution in [0.15, 0.2) is 59.5 Å². The lowest BCUT2D eigenvalue weighted by Gasteiger charge is -2.25. The van der Waals surface area contributed by atoms with Crippen LogP contribution in [0.1, 0.15) is 37.7 Å². The van der Waals surface area contributed by atoms with Gasteiger partial charge in [0.25, 0.3) is 0 Å². The van der Waals surface area contributed by atoms with Crippen LogP contribution in [-0.2, 0) is 21.2 Å². The number of aryl methyl sites for hydroxylation is 1. The first-order chi connectivity index (χ1) is 14.6. The van der Waals surface area contributed by atoms with Crippen LogP contribution in [0.5, 0.6) is 0 Å². The fraction of sp³-hybridized carbons (Fsp3) is 0.435. The van der Waals surface area contributed by atoms with E-state index >= 15 is 0 Å². The second-order valence-electron chi connectivity index (χ2n) is 7.61. The van der Waals surface area contributed by atoms with Crippen molar-refractivity contribution in [1.29, 1.82) is 0 Å². The Hall–Kier alpha value is -2.38. The molecule has 0 saturated carbocycles. The molecule has 0 radical (unpaired) electrons. The number of rotatable bonds is 10. The number of carbonyl (C=O) groups excluding carboxylic acids is 1. The Labute approximate surface area is 179 Å². The Kier molecular flexibility index (Phi) is 8.28. The Morgan fingerprint density at radius 3 is 2.30 bits per heavy atom. The van der Waals surface area contributed by atoms with Crippen molar-refractivity contribution >= 4 is 21.6 Å². The van der Waals surface area contributed by atoms with Crippen LogP contribution < -0.4 is 10.6 Å². The molecule has 30 heavy (non-hydrogen) atoms. The third-order valence-electron chi connectivity index (χ3n) is 5.30. The van der Waals surface area contributed by atoms with Crippen LogP contribution in [0.3, 0.4) is 0 Å². The summed E-state index contributed by atoms with van der Waals surface area (Å²) in [5, 5.41) is 6.25. The summed E-state index contributed by atoms with van der Waals surface area (Å²) in [6.07, 6.45) is 4.78. The minimum absolute atomic E-state index is 0.0136. The smallest absolute Gasteiger partial charge is 0.243 e. The average Bonchev–Trinajstić information content (AvgIpc) is 2.79. The van der Waals surface area contributed by atoms with E-state index in [1.807, 2.05) is 42.5 Å². The maximum atomic E-state index is 12.7. The highest BCUT2D eigenvalue weighted by Gasteiger charge is 2.25. The van der Waals surface area contributed by atoms with E-state index in [9.17, 15) is 13.2 Å². The quantitative estimate of drug-likeness (QED) is 0.568. The summed E-state index contributed by atoms with van der Waals surface area (Å²) in [7, 11) is -3.40. The fourth-order valence-corrected chi connectivity index (χ4v) is 5.05. The Bertz CT molecular complexity index is 893. The van der Waals surface area contributed by atoms with Gasteiger partial charge < -0.3 is 10.6 Å². The van der Waals surface area contributed by atoms with E-state index in [0.717, 1.165) is 43.5 Å². The largest absolute Gasteiger partial charge is 0.385 e. The van der Waals surface area contributed by atoms with Crippen molar-refractivity contribution in [3.63, 3.8) is 0 Å². The van der Waals surface area contributed by atoms with Gasteiger partial charge in [0, 0.05) is 38.3 Å². The standard InChI is InChI=1S/C23H31N3O3S/c27-23(25-17-7-16-24-21-8-3-1-4-9-21)15-12-20-10-13-22(14-11-20)30(28,29)26-18-5-2-6-19-26/h1,3-4,8-11,13-14,24H,2,5-7,12,15-19H2,(H,25,27). The summed E-state index contributed by atoms with van der Waals surface area (Å²) in [6, 6.07) is 16.9. The lowest BCUT2D eigenvalue weighted by molar-refractivity contribution is -0.121. The van der Waals surface area contributed by atoms with Gasteiger partial charge in [-0.05, 0) is 55.5 Å². The third kappa shape index (κ3) is 6.57. The van der Waals surface area contributed by atoms with Crippen LogP contribution in [0.2, 0.25) is 0 Å². The molecule has 2 aromatic carbocycles. The van der Waals surface area contributed by atoms with E-state index in [0.29, 0.717) is 37.4 Å². The molecule has 1 heterocycles. The van der Waals surface area contributed by atoms with Gasteiger partial charge in [-0.25, -0.2) is 8.42 Å². The molecule has 2 N–H and O–H groups in total. The number of anilines is 1. The zero-order valence-corrected chi connectivity index (χ0v) is 18.2. The number of carbonyl (C=O) groups is 1. The highest BCUT2D eigenvalue weighted by molar-refractivity contribution is 7.89. The first kappa shape index (κ1) is 22.3. The summed E-state index contributed by atoms with van der Waals surface area (Å²) in [4.78, 5) is 12.4. The number of para-hydroxylation sites is 1. The van der Waals surface area contributed by atoms with E-state index in [1.165, 1.54) is 0 Å². The number of nitrogens with one attached hydrogen (secondary N) is 2. The van der Waals surface area contributed by atoms with Crippen molar-refractivity contribution in [3.05, 3.63) is 60.2 Å². The van der Waals surface area contributed by atoms with E-state index in [1.54, 1.807) is 16.4 Å². The first-order valence-electron chi connectivity index (χ1n) is 10.7. The lowest BCUT2D eigenvalue weighted by atomic mass is 10.1. The molecule has 1 amide bonds. The molecule has 0 spiro atoms. The molecule has 1 aliphatic heterocycles. The van der Waals surface area contributed by atoms with Crippen molar-refractivity contribution in [1.82, 2.24) is 9.62 Å². The molecule has 7 heteroatoms. The molecule has 162 valence electrons. The monoisotopic (exact) mass is 429 g/mol. The van der Waals surface area contributed by atoms with E-state index in [4.69, 9.17) is 0 Å². The molecule has 0 bridgehead atoms. The first-order valence-corrected chi connectivity index (χ1v) is 12.1. The van der Waals surface area contributed by atoms with Gasteiger partial charge in [0.2, 0.25) is 15.9 Å². The number of hydrogen-bond acceptors (Lipinski definition) is 4. The summed E-state index contributed by atoms with van der Waals surface area (Å²) in [5.74, 6) is 0.0136. The predicted octanol–water partition coefficient (Wildman–Crippen LogP) is 3.41. The van der Waals surface area contributed by atoms with Gasteiger partial charge in [-0.1, -0.05) is 36.8 Å². The summed E-state index contributed by atoms with van der Waals surface area (Å²) < 4.78 is 26.9. The molecule has 1 saturated heterocycles. The van der Waals surface area contributed by atoms with Crippen molar-refractivity contribution in [2.75, 3.05) is 31.5 Å². The highest BCUT2D eigenvalue weighted by atomic mass is 32.2. The number of sulfonamides is 1. The second-order valence-corrected chi connectivity index (χ2v) is 9.54. The molecule has 0 unspecified atom stereocenters. The van der Waals surface area contributed by atoms with Crippen molar-refractivity contribution in [3.8, 4) is 0 Å². The maximum absolute atomic E-state index is 12.7. The van der Waals surface area contributed by atoms with Crippen LogP contribution in [0.4, 0.5) is 5.69 Å². The topological polar surface area (TPSA) is 78.5 Å². The highest BCUT2D eigenvalue weighted by Crippen LogP contribution is 2.21. The van der Waals surface area contributed by atoms with Crippen LogP contribution in [-0.4, -0.2) is 44.8 Å². The number of benzene rings is 2. The number of hydrogen-bond donors (Lipinski definition) is 2. The zero-order chi connectivity index (χ0) is 21.2. The number of piperidine rings is 1. The summed E-state index contributed by atoms with van der Waals surface area (Å²) in [5.41, 5.74) is 2.04. The lowest BCUT2D eigenvalue weighted by Crippen LogP contribution is -2.35. The predicted molar refractivity (Wildman–Crippen MR) is 120 cm³/mol. The number of amides is 1. The normalized spacial score (nSPS) is 14.9. The Balaban J connectivity index is 1.36. The molecule has 3 rings (SSSR count). The Morgan fingerprint density at radius 1 is 0.900 bits per heavy atom. The number of nitrogens with zero attached hydrogens (tertiary/aromatic N) is 1. The maximum Gasteiger partial charge on any atom is 0.243 e. The SMILES string of the molecule is O=C(CCc1ccc(S(=O)(=O)N2CCCCC2)cc1)NCCCNc1ccccc1. The van der Waals surface area contributed by atoms with Crippen LogP contribution in [0.25, 0.3) is 0 Å². The fourth-order valence-electron chi connectivity index (χ4n) is 3.53. The van der Waals surface area contributed by atoms with Crippen molar-refractivity contribution in [2.24, 2.45) is 0 Å². The molecule has 2 aromatic rings. The molecule has 1 aliphatic rings. The molecule has 1 fully saturated rings. The van der Waals surface area contributed by atoms with Crippen LogP contribution in [0, 0.1) is 0 Å². The van der Waals surface area contributed by atoms with Crippen LogP contribution >= 0.6 is 0 Å². The molecule has 0 aliphatic carbocycles.